The molecule has 0 aromatic carbocycles. The van der Waals surface area contributed by atoms with Crippen LogP contribution in [0.3, 0.4) is 0 Å². The number of carbonyl (C=O) groups is 1. The average molecular weight is 745 g/mol. The van der Waals surface area contributed by atoms with Crippen LogP contribution < -0.4 is 8.85 Å². The molecule has 7 nitrogen and oxygen atoms in total. The van der Waals surface area contributed by atoms with E-state index in [1.165, 1.54) is 51.4 Å². The Morgan fingerprint density at radius 3 is 2.36 bits per heavy atom. The number of alkyl carbamates (subject to hydrolysis) is 1. The molecule has 4 rings (SSSR count). The molecule has 0 aromatic heterocycles. The minimum absolute atomic E-state index is 0.00695. The number of amides is 1. The Kier molecular flexibility index (Phi) is 15.3. The molecule has 0 heterocycles. The third-order valence-electron chi connectivity index (χ3n) is 12.4. The number of ether oxygens (including phenoxy) is 4. The summed E-state index contributed by atoms with van der Waals surface area (Å²) in [6.07, 6.45) is 17.2. The molecule has 1 amide bonds. The van der Waals surface area contributed by atoms with E-state index in [-0.39, 0.29) is 17.6 Å². The van der Waals surface area contributed by atoms with Crippen molar-refractivity contribution in [3.63, 3.8) is 0 Å². The monoisotopic (exact) mass is 744 g/mol. The highest BCUT2D eigenvalue weighted by Gasteiger charge is 2.59. The van der Waals surface area contributed by atoms with Crippen molar-refractivity contribution in [3.05, 3.63) is 11.6 Å². The maximum atomic E-state index is 12.6. The predicted octanol–water partition coefficient (Wildman–Crippen LogP) is 8.50. The van der Waals surface area contributed by atoms with Crippen molar-refractivity contribution in [3.8, 4) is 0 Å². The van der Waals surface area contributed by atoms with Crippen LogP contribution in [0.4, 0.5) is 4.79 Å². The Morgan fingerprint density at radius 2 is 1.62 bits per heavy atom. The first-order valence-corrected chi connectivity index (χ1v) is 19.5. The van der Waals surface area contributed by atoms with Crippen molar-refractivity contribution in [1.82, 2.24) is 8.85 Å². The van der Waals surface area contributed by atoms with Gasteiger partial charge in [0.15, 0.2) is 0 Å². The van der Waals surface area contributed by atoms with Gasteiger partial charge in [0.2, 0.25) is 0 Å². The predicted molar refractivity (Wildman–Crippen MR) is 190 cm³/mol. The Balaban J connectivity index is 1.14. The van der Waals surface area contributed by atoms with E-state index in [9.17, 15) is 4.79 Å². The highest BCUT2D eigenvalue weighted by atomic mass is 127. The highest BCUT2D eigenvalue weighted by molar-refractivity contribution is 14.1. The smallest absolute Gasteiger partial charge is 0.407 e. The maximum Gasteiger partial charge on any atom is 0.407 e. The van der Waals surface area contributed by atoms with Crippen LogP contribution >= 0.6 is 22.9 Å². The second-order valence-electron chi connectivity index (χ2n) is 15.6. The van der Waals surface area contributed by atoms with Gasteiger partial charge in [-0.2, -0.15) is 0 Å². The minimum Gasteiger partial charge on any atom is -0.446 e. The van der Waals surface area contributed by atoms with Crippen molar-refractivity contribution >= 4 is 29.0 Å². The molecular weight excluding hydrogens is 679 g/mol. The summed E-state index contributed by atoms with van der Waals surface area (Å²) < 4.78 is 25.5. The van der Waals surface area contributed by atoms with E-state index in [1.807, 2.05) is 0 Å². The number of hydrogen-bond donors (Lipinski definition) is 2. The molecule has 4 aliphatic carbocycles. The van der Waals surface area contributed by atoms with E-state index in [4.69, 9.17) is 18.9 Å². The van der Waals surface area contributed by atoms with Gasteiger partial charge in [0.05, 0.1) is 33.0 Å². The fourth-order valence-corrected chi connectivity index (χ4v) is 10.2. The summed E-state index contributed by atoms with van der Waals surface area (Å²) in [4.78, 5) is 12.6. The number of allylic oxidation sites excluding steroid dienone is 1. The highest BCUT2D eigenvalue weighted by Crippen LogP contribution is 2.67. The normalized spacial score (nSPS) is 33.2. The summed E-state index contributed by atoms with van der Waals surface area (Å²) in [6.45, 7) is 17.5. The lowest BCUT2D eigenvalue weighted by molar-refractivity contribution is -0.0581. The fraction of sp³-hybridized carbons (Fsp3) is 0.919. The van der Waals surface area contributed by atoms with Crippen LogP contribution in [-0.4, -0.2) is 64.9 Å². The second-order valence-corrected chi connectivity index (χ2v) is 16.3. The lowest BCUT2D eigenvalue weighted by Crippen LogP contribution is -2.51. The zero-order chi connectivity index (χ0) is 32.3. The minimum atomic E-state index is -0.285. The molecule has 1 unspecified atom stereocenters. The Hall–Kier alpha value is -0.420. The number of halogens is 1. The average Bonchev–Trinajstić information content (AvgIpc) is 3.37. The molecule has 260 valence electrons. The number of carbonyl (C=O) groups excluding carboxylic acids is 1. The quantitative estimate of drug-likeness (QED) is 0.0598. The lowest BCUT2D eigenvalue weighted by Gasteiger charge is -2.58. The molecule has 0 aliphatic heterocycles. The van der Waals surface area contributed by atoms with Crippen LogP contribution in [0.1, 0.15) is 112 Å². The summed E-state index contributed by atoms with van der Waals surface area (Å²) in [5, 5.41) is 2.94. The van der Waals surface area contributed by atoms with E-state index in [0.717, 1.165) is 67.7 Å². The van der Waals surface area contributed by atoms with E-state index in [1.54, 1.807) is 5.57 Å². The molecule has 0 radical (unpaired) electrons. The molecule has 45 heavy (non-hydrogen) atoms. The topological polar surface area (TPSA) is 78.1 Å². The van der Waals surface area contributed by atoms with Crippen molar-refractivity contribution in [2.45, 2.75) is 118 Å². The molecular formula is C37H65IN2O5. The van der Waals surface area contributed by atoms with Crippen molar-refractivity contribution < 1.29 is 23.7 Å². The Bertz CT molecular complexity index is 932. The number of fused-ring (bicyclic) bond motifs is 5. The summed E-state index contributed by atoms with van der Waals surface area (Å²) in [5.74, 6) is 5.09. The van der Waals surface area contributed by atoms with Crippen molar-refractivity contribution in [2.24, 2.45) is 46.3 Å². The SMILES string of the molecule is CC(C)CCC[C@@H](C)[C@H]1CC[C@H]2[C@@H]3CC=C4CC(OC(=O)NCCCOCCOCCOCCNI)CC[C@]4(C)[C@H]3CC[C@]12C. The van der Waals surface area contributed by atoms with Crippen LogP contribution in [0.5, 0.6) is 0 Å². The third kappa shape index (κ3) is 10.1. The molecule has 4 aliphatic rings. The van der Waals surface area contributed by atoms with Crippen LogP contribution in [0.25, 0.3) is 0 Å². The van der Waals surface area contributed by atoms with E-state index >= 15 is 0 Å². The van der Waals surface area contributed by atoms with Crippen LogP contribution in [0, 0.1) is 46.3 Å². The van der Waals surface area contributed by atoms with Crippen LogP contribution in [0.15, 0.2) is 11.6 Å². The standard InChI is InChI=1S/C37H65IN2O5/c1-27(2)8-6-9-28(3)32-12-13-33-31-11-10-29-26-30(14-16-36(29,4)34(31)15-17-37(32,33)5)45-35(41)39-18-7-20-42-22-24-44-25-23-43-21-19-40-38/h10,27-28,30-34,40H,6-9,11-26H2,1-5H3,(H,39,41)/t28-,30?,31+,32-,33+,34+,36+,37-/m1/s1. The van der Waals surface area contributed by atoms with Gasteiger partial charge in [0.1, 0.15) is 6.10 Å². The molecule has 0 bridgehead atoms. The number of rotatable bonds is 19. The molecule has 2 N–H and O–H groups in total. The van der Waals surface area contributed by atoms with E-state index in [2.05, 4.69) is 72.4 Å². The van der Waals surface area contributed by atoms with Crippen molar-refractivity contribution in [2.75, 3.05) is 52.7 Å². The number of hydrogen-bond acceptors (Lipinski definition) is 6. The fourth-order valence-electron chi connectivity index (χ4n) is 9.96. The lowest BCUT2D eigenvalue weighted by atomic mass is 9.47. The molecule has 3 fully saturated rings. The molecule has 0 saturated heterocycles. The van der Waals surface area contributed by atoms with Gasteiger partial charge >= 0.3 is 6.09 Å². The summed E-state index contributed by atoms with van der Waals surface area (Å²) in [5.41, 5.74) is 2.38. The van der Waals surface area contributed by atoms with Gasteiger partial charge in [-0.15, -0.1) is 0 Å². The molecule has 0 aromatic rings. The van der Waals surface area contributed by atoms with Gasteiger partial charge in [0, 0.05) is 49.0 Å². The maximum absolute atomic E-state index is 12.6. The van der Waals surface area contributed by atoms with E-state index < -0.39 is 0 Å². The number of nitrogens with one attached hydrogen (secondary N) is 2. The Labute approximate surface area is 288 Å². The molecule has 0 spiro atoms. The summed E-state index contributed by atoms with van der Waals surface area (Å²) in [7, 11) is 0. The van der Waals surface area contributed by atoms with Gasteiger partial charge < -0.3 is 24.3 Å². The zero-order valence-corrected chi connectivity index (χ0v) is 31.3. The van der Waals surface area contributed by atoms with Gasteiger partial charge in [-0.25, -0.2) is 4.79 Å². The first-order chi connectivity index (χ1) is 21.7. The Morgan fingerprint density at radius 1 is 0.889 bits per heavy atom. The largest absolute Gasteiger partial charge is 0.446 e. The van der Waals surface area contributed by atoms with Crippen molar-refractivity contribution in [1.29, 1.82) is 0 Å². The summed E-state index contributed by atoms with van der Waals surface area (Å²) in [6, 6.07) is 0. The van der Waals surface area contributed by atoms with Crippen LogP contribution in [0.2, 0.25) is 0 Å². The van der Waals surface area contributed by atoms with Gasteiger partial charge in [-0.1, -0.05) is 65.5 Å². The van der Waals surface area contributed by atoms with E-state index in [0.29, 0.717) is 51.6 Å². The second kappa shape index (κ2) is 18.4. The van der Waals surface area contributed by atoms with Gasteiger partial charge in [-0.3, -0.25) is 3.53 Å². The molecule has 8 heteroatoms. The molecule has 8 atom stereocenters. The third-order valence-corrected chi connectivity index (χ3v) is 12.9. The molecule has 3 saturated carbocycles. The van der Waals surface area contributed by atoms with Gasteiger partial charge in [0.25, 0.3) is 0 Å². The van der Waals surface area contributed by atoms with Gasteiger partial charge in [-0.05, 0) is 97.7 Å². The van der Waals surface area contributed by atoms with Crippen LogP contribution in [-0.2, 0) is 18.9 Å². The first kappa shape index (κ1) is 37.4. The zero-order valence-electron chi connectivity index (χ0n) is 29.2. The first-order valence-electron chi connectivity index (χ1n) is 18.4. The summed E-state index contributed by atoms with van der Waals surface area (Å²) >= 11 is 2.11.